The number of aryl methyl sites for hydroxylation is 1. The topological polar surface area (TPSA) is 26.0 Å². The van der Waals surface area contributed by atoms with Gasteiger partial charge in [0.05, 0.1) is 6.42 Å². The van der Waals surface area contributed by atoms with Gasteiger partial charge in [-0.1, -0.05) is 28.1 Å². The van der Waals surface area contributed by atoms with Crippen LogP contribution in [0.15, 0.2) is 22.7 Å². The van der Waals surface area contributed by atoms with E-state index in [1.807, 2.05) is 6.92 Å². The Balaban J connectivity index is 0.00000225. The van der Waals surface area contributed by atoms with Crippen LogP contribution in [0.2, 0.25) is 0 Å². The fraction of sp³-hybridized carbons (Fsp3) is 0.400. The van der Waals surface area contributed by atoms with Crippen LogP contribution in [0, 0.1) is 6.92 Å². The van der Waals surface area contributed by atoms with E-state index in [1.54, 1.807) is 18.2 Å². The first-order valence-corrected chi connectivity index (χ1v) is 5.17. The largest absolute Gasteiger partial charge is 0.390 e. The minimum atomic E-state index is -4.23. The zero-order chi connectivity index (χ0) is 11.6. The number of benzene rings is 1. The molecule has 1 aromatic rings. The van der Waals surface area contributed by atoms with Gasteiger partial charge >= 0.3 is 6.18 Å². The second-order valence-electron chi connectivity index (χ2n) is 3.45. The molecule has 0 bridgehead atoms. The van der Waals surface area contributed by atoms with Crippen LogP contribution in [0.4, 0.5) is 13.2 Å². The maximum Gasteiger partial charge on any atom is 0.390 e. The minimum Gasteiger partial charge on any atom is -0.324 e. The molecule has 0 saturated heterocycles. The maximum atomic E-state index is 12.1. The van der Waals surface area contributed by atoms with Gasteiger partial charge in [0, 0.05) is 10.5 Å². The molecule has 2 N–H and O–H groups in total. The number of alkyl halides is 3. The number of nitrogens with two attached hydrogens (primary N) is 1. The summed E-state index contributed by atoms with van der Waals surface area (Å²) < 4.78 is 36.9. The molecular formula is C10H12BrClF3N. The van der Waals surface area contributed by atoms with Crippen LogP contribution >= 0.6 is 28.3 Å². The second-order valence-corrected chi connectivity index (χ2v) is 4.31. The first kappa shape index (κ1) is 15.7. The number of hydrogen-bond acceptors (Lipinski definition) is 1. The van der Waals surface area contributed by atoms with Gasteiger partial charge in [-0.3, -0.25) is 0 Å². The van der Waals surface area contributed by atoms with Crippen molar-refractivity contribution in [2.75, 3.05) is 0 Å². The Bertz CT molecular complexity index is 354. The van der Waals surface area contributed by atoms with Crippen LogP contribution in [0.3, 0.4) is 0 Å². The summed E-state index contributed by atoms with van der Waals surface area (Å²) >= 11 is 3.21. The zero-order valence-corrected chi connectivity index (χ0v) is 10.9. The van der Waals surface area contributed by atoms with Gasteiger partial charge in [-0.2, -0.15) is 13.2 Å². The molecule has 0 aliphatic rings. The minimum absolute atomic E-state index is 0. The lowest BCUT2D eigenvalue weighted by Gasteiger charge is -2.16. The highest BCUT2D eigenvalue weighted by Crippen LogP contribution is 2.31. The summed E-state index contributed by atoms with van der Waals surface area (Å²) in [6.07, 6.45) is -5.24. The molecule has 0 aliphatic carbocycles. The molecule has 1 atom stereocenters. The second kappa shape index (κ2) is 5.89. The molecule has 6 heteroatoms. The number of halogens is 5. The monoisotopic (exact) mass is 317 g/mol. The fourth-order valence-electron chi connectivity index (χ4n) is 1.29. The van der Waals surface area contributed by atoms with Gasteiger partial charge in [0.2, 0.25) is 0 Å². The normalized spacial score (nSPS) is 13.1. The van der Waals surface area contributed by atoms with Crippen molar-refractivity contribution < 1.29 is 13.2 Å². The SMILES string of the molecule is Cc1ccc([C@@H](N)CC(F)(F)F)c(Br)c1.Cl. The number of hydrogen-bond donors (Lipinski definition) is 1. The molecule has 0 amide bonds. The zero-order valence-electron chi connectivity index (χ0n) is 8.51. The van der Waals surface area contributed by atoms with Crippen molar-refractivity contribution in [1.82, 2.24) is 0 Å². The van der Waals surface area contributed by atoms with E-state index in [0.717, 1.165) is 5.56 Å². The van der Waals surface area contributed by atoms with Crippen LogP contribution in [0.5, 0.6) is 0 Å². The van der Waals surface area contributed by atoms with E-state index in [2.05, 4.69) is 15.9 Å². The summed E-state index contributed by atoms with van der Waals surface area (Å²) in [5, 5.41) is 0. The molecule has 16 heavy (non-hydrogen) atoms. The highest BCUT2D eigenvalue weighted by Gasteiger charge is 2.31. The maximum absolute atomic E-state index is 12.1. The summed E-state index contributed by atoms with van der Waals surface area (Å²) in [5.41, 5.74) is 6.94. The van der Waals surface area contributed by atoms with Crippen molar-refractivity contribution in [3.05, 3.63) is 33.8 Å². The first-order valence-electron chi connectivity index (χ1n) is 4.38. The van der Waals surface area contributed by atoms with E-state index < -0.39 is 18.6 Å². The van der Waals surface area contributed by atoms with Crippen LogP contribution in [0.25, 0.3) is 0 Å². The summed E-state index contributed by atoms with van der Waals surface area (Å²) in [6, 6.07) is 4.11. The van der Waals surface area contributed by atoms with Crippen LogP contribution < -0.4 is 5.73 Å². The Hall–Kier alpha value is -0.260. The van der Waals surface area contributed by atoms with E-state index in [-0.39, 0.29) is 12.4 Å². The van der Waals surface area contributed by atoms with Gasteiger partial charge in [0.15, 0.2) is 0 Å². The van der Waals surface area contributed by atoms with Crippen molar-refractivity contribution in [2.24, 2.45) is 5.73 Å². The standard InChI is InChI=1S/C10H11BrF3N.ClH/c1-6-2-3-7(8(11)4-6)9(15)5-10(12,13)14;/h2-4,9H,5,15H2,1H3;1H/t9-;/m0./s1. The van der Waals surface area contributed by atoms with Crippen molar-refractivity contribution in [2.45, 2.75) is 25.6 Å². The highest BCUT2D eigenvalue weighted by atomic mass is 79.9. The van der Waals surface area contributed by atoms with E-state index >= 15 is 0 Å². The summed E-state index contributed by atoms with van der Waals surface area (Å²) in [6.45, 7) is 1.86. The fourth-order valence-corrected chi connectivity index (χ4v) is 2.08. The lowest BCUT2D eigenvalue weighted by Crippen LogP contribution is -2.20. The van der Waals surface area contributed by atoms with E-state index in [9.17, 15) is 13.2 Å². The molecule has 0 saturated carbocycles. The molecule has 0 unspecified atom stereocenters. The summed E-state index contributed by atoms with van der Waals surface area (Å²) in [5.74, 6) is 0. The highest BCUT2D eigenvalue weighted by molar-refractivity contribution is 9.10. The van der Waals surface area contributed by atoms with Gasteiger partial charge in [-0.05, 0) is 24.1 Å². The van der Waals surface area contributed by atoms with E-state index in [1.165, 1.54) is 0 Å². The van der Waals surface area contributed by atoms with Crippen molar-refractivity contribution in [3.8, 4) is 0 Å². The predicted molar refractivity (Wildman–Crippen MR) is 63.7 cm³/mol. The molecule has 0 aromatic heterocycles. The van der Waals surface area contributed by atoms with Gasteiger partial charge < -0.3 is 5.73 Å². The molecule has 1 aromatic carbocycles. The van der Waals surface area contributed by atoms with Gasteiger partial charge in [0.1, 0.15) is 0 Å². The average Bonchev–Trinajstić information content (AvgIpc) is 1.99. The van der Waals surface area contributed by atoms with Crippen molar-refractivity contribution in [3.63, 3.8) is 0 Å². The smallest absolute Gasteiger partial charge is 0.324 e. The van der Waals surface area contributed by atoms with Crippen molar-refractivity contribution >= 4 is 28.3 Å². The quantitative estimate of drug-likeness (QED) is 0.871. The molecule has 1 nitrogen and oxygen atoms in total. The molecule has 0 fully saturated rings. The Morgan fingerprint density at radius 3 is 2.38 bits per heavy atom. The Labute approximate surface area is 107 Å². The third-order valence-corrected chi connectivity index (χ3v) is 2.69. The van der Waals surface area contributed by atoms with Gasteiger partial charge in [-0.15, -0.1) is 12.4 Å². The first-order chi connectivity index (χ1) is 6.79. The lowest BCUT2D eigenvalue weighted by molar-refractivity contribution is -0.138. The molecule has 0 aliphatic heterocycles. The van der Waals surface area contributed by atoms with Crippen LogP contribution in [-0.4, -0.2) is 6.18 Å². The van der Waals surface area contributed by atoms with Crippen LogP contribution in [0.1, 0.15) is 23.6 Å². The third-order valence-electron chi connectivity index (χ3n) is 2.01. The Morgan fingerprint density at radius 1 is 1.38 bits per heavy atom. The van der Waals surface area contributed by atoms with Crippen LogP contribution in [-0.2, 0) is 0 Å². The third kappa shape index (κ3) is 4.72. The van der Waals surface area contributed by atoms with Gasteiger partial charge in [-0.25, -0.2) is 0 Å². The van der Waals surface area contributed by atoms with E-state index in [0.29, 0.717) is 10.0 Å². The molecule has 0 heterocycles. The summed E-state index contributed by atoms with van der Waals surface area (Å²) in [7, 11) is 0. The molecular weight excluding hydrogens is 306 g/mol. The van der Waals surface area contributed by atoms with Gasteiger partial charge in [0.25, 0.3) is 0 Å². The molecule has 0 spiro atoms. The lowest BCUT2D eigenvalue weighted by atomic mass is 10.0. The molecule has 0 radical (unpaired) electrons. The summed E-state index contributed by atoms with van der Waals surface area (Å²) in [4.78, 5) is 0. The van der Waals surface area contributed by atoms with Crippen molar-refractivity contribution in [1.29, 1.82) is 0 Å². The Morgan fingerprint density at radius 2 is 1.94 bits per heavy atom. The van der Waals surface area contributed by atoms with E-state index in [4.69, 9.17) is 5.73 Å². The average molecular weight is 319 g/mol. The molecule has 1 rings (SSSR count). The predicted octanol–water partition coefficient (Wildman–Crippen LogP) is 4.13. The Kier molecular flexibility index (Phi) is 5.79. The molecule has 92 valence electrons. The number of rotatable bonds is 2.